The van der Waals surface area contributed by atoms with E-state index in [4.69, 9.17) is 11.6 Å². The number of hydrogen-bond acceptors (Lipinski definition) is 3. The van der Waals surface area contributed by atoms with Gasteiger partial charge in [-0.2, -0.15) is 8.78 Å². The molecule has 2 amide bonds. The number of amides is 2. The molecule has 0 saturated carbocycles. The van der Waals surface area contributed by atoms with E-state index in [1.807, 2.05) is 0 Å². The topological polar surface area (TPSA) is 58.6 Å². The van der Waals surface area contributed by atoms with Gasteiger partial charge in [-0.1, -0.05) is 17.7 Å². The lowest BCUT2D eigenvalue weighted by molar-refractivity contribution is -0.145. The molecule has 0 fully saturated rings. The maximum Gasteiger partial charge on any atom is 0.387 e. The summed E-state index contributed by atoms with van der Waals surface area (Å²) in [7, 11) is 1.26. The number of ether oxygens (including phenoxy) is 1. The van der Waals surface area contributed by atoms with Gasteiger partial charge in [0.05, 0.1) is 0 Å². The van der Waals surface area contributed by atoms with Crippen molar-refractivity contribution in [3.63, 3.8) is 0 Å². The Bertz CT molecular complexity index is 880. The molecule has 0 aliphatic rings. The number of likely N-dealkylation sites (N-methyl/N-ethyl adjacent to an activating group) is 1. The molecule has 1 N–H and O–H groups in total. The summed E-state index contributed by atoms with van der Waals surface area (Å²) in [5.41, 5.74) is -0.245. The highest BCUT2D eigenvalue weighted by Crippen LogP contribution is 2.23. The third-order valence-electron chi connectivity index (χ3n) is 3.67. The zero-order valence-electron chi connectivity index (χ0n) is 14.5. The maximum absolute atomic E-state index is 13.9. The molecule has 28 heavy (non-hydrogen) atoms. The van der Waals surface area contributed by atoms with E-state index in [0.29, 0.717) is 0 Å². The van der Waals surface area contributed by atoms with Gasteiger partial charge in [-0.05, 0) is 30.3 Å². The van der Waals surface area contributed by atoms with E-state index in [2.05, 4.69) is 10.1 Å². The Morgan fingerprint density at radius 3 is 2.57 bits per heavy atom. The lowest BCUT2D eigenvalue weighted by atomic mass is 10.2. The van der Waals surface area contributed by atoms with Crippen LogP contribution in [0.1, 0.15) is 11.1 Å². The van der Waals surface area contributed by atoms with Gasteiger partial charge in [0, 0.05) is 36.3 Å². The Morgan fingerprint density at radius 2 is 1.89 bits per heavy atom. The molecule has 0 atom stereocenters. The minimum absolute atomic E-state index is 0.0953. The zero-order chi connectivity index (χ0) is 20.8. The minimum atomic E-state index is -3.18. The summed E-state index contributed by atoms with van der Waals surface area (Å²) in [6, 6.07) is 7.03. The van der Waals surface area contributed by atoms with Gasteiger partial charge in [0.1, 0.15) is 17.4 Å². The molecule has 5 nitrogen and oxygen atoms in total. The van der Waals surface area contributed by atoms with Crippen molar-refractivity contribution in [1.29, 1.82) is 0 Å². The average Bonchev–Trinajstić information content (AvgIpc) is 2.62. The molecule has 0 unspecified atom stereocenters. The first-order valence-electron chi connectivity index (χ1n) is 7.88. The Hall–Kier alpha value is -2.81. The van der Waals surface area contributed by atoms with E-state index in [9.17, 15) is 27.2 Å². The van der Waals surface area contributed by atoms with Crippen LogP contribution in [0.3, 0.4) is 0 Å². The SMILES string of the molecule is CN(Cc1cc(Cl)ccc1F)C(=O)C(=O)NCc1c(F)cccc1OC(F)F. The van der Waals surface area contributed by atoms with E-state index in [-0.39, 0.29) is 22.7 Å². The molecule has 2 aromatic carbocycles. The molecule has 0 heterocycles. The molecule has 0 aliphatic carbocycles. The van der Waals surface area contributed by atoms with Crippen molar-refractivity contribution >= 4 is 23.4 Å². The van der Waals surface area contributed by atoms with Crippen LogP contribution in [0, 0.1) is 11.6 Å². The molecule has 2 aromatic rings. The number of hydrogen-bond donors (Lipinski definition) is 1. The van der Waals surface area contributed by atoms with Gasteiger partial charge in [-0.25, -0.2) is 8.78 Å². The van der Waals surface area contributed by atoms with Crippen molar-refractivity contribution in [3.8, 4) is 5.75 Å². The normalized spacial score (nSPS) is 10.7. The summed E-state index contributed by atoms with van der Waals surface area (Å²) >= 11 is 5.78. The fraction of sp³-hybridized carbons (Fsp3) is 0.222. The first-order valence-corrected chi connectivity index (χ1v) is 8.26. The van der Waals surface area contributed by atoms with Crippen molar-refractivity contribution < 1.29 is 31.9 Å². The molecule has 0 spiro atoms. The summed E-state index contributed by atoms with van der Waals surface area (Å²) in [6.07, 6.45) is 0. The van der Waals surface area contributed by atoms with E-state index in [0.717, 1.165) is 29.2 Å². The number of alkyl halides is 2. The zero-order valence-corrected chi connectivity index (χ0v) is 15.3. The van der Waals surface area contributed by atoms with E-state index in [1.54, 1.807) is 0 Å². The van der Waals surface area contributed by atoms with Gasteiger partial charge < -0.3 is 15.0 Å². The second-order valence-electron chi connectivity index (χ2n) is 5.67. The number of carbonyl (C=O) groups excluding carboxylic acids is 2. The molecule has 0 saturated heterocycles. The fourth-order valence-electron chi connectivity index (χ4n) is 2.33. The van der Waals surface area contributed by atoms with Gasteiger partial charge in [0.15, 0.2) is 0 Å². The Labute approximate surface area is 162 Å². The average molecular weight is 419 g/mol. The number of rotatable bonds is 6. The van der Waals surface area contributed by atoms with Gasteiger partial charge >= 0.3 is 18.4 Å². The molecule has 150 valence electrons. The van der Waals surface area contributed by atoms with E-state index >= 15 is 0 Å². The maximum atomic E-state index is 13.9. The monoisotopic (exact) mass is 418 g/mol. The summed E-state index contributed by atoms with van der Waals surface area (Å²) in [5, 5.41) is 2.39. The van der Waals surface area contributed by atoms with E-state index < -0.39 is 42.4 Å². The molecular weight excluding hydrogens is 404 g/mol. The molecular formula is C18H15ClF4N2O3. The van der Waals surface area contributed by atoms with E-state index in [1.165, 1.54) is 19.2 Å². The van der Waals surface area contributed by atoms with Gasteiger partial charge in [0.2, 0.25) is 0 Å². The summed E-state index contributed by atoms with van der Waals surface area (Å²) in [5.74, 6) is -4.12. The molecule has 0 bridgehead atoms. The predicted octanol–water partition coefficient (Wildman–Crippen LogP) is 3.49. The van der Waals surface area contributed by atoms with Crippen LogP contribution in [0.25, 0.3) is 0 Å². The smallest absolute Gasteiger partial charge is 0.387 e. The Balaban J connectivity index is 2.03. The number of halogens is 5. The van der Waals surface area contributed by atoms with Crippen LogP contribution in [0.2, 0.25) is 5.02 Å². The lowest BCUT2D eigenvalue weighted by Crippen LogP contribution is -2.40. The lowest BCUT2D eigenvalue weighted by Gasteiger charge is -2.18. The van der Waals surface area contributed by atoms with Crippen LogP contribution < -0.4 is 10.1 Å². The van der Waals surface area contributed by atoms with Crippen LogP contribution in [-0.4, -0.2) is 30.4 Å². The Morgan fingerprint density at radius 1 is 1.18 bits per heavy atom. The second kappa shape index (κ2) is 9.41. The molecule has 2 rings (SSSR count). The molecule has 0 aliphatic heterocycles. The van der Waals surface area contributed by atoms with Crippen molar-refractivity contribution in [1.82, 2.24) is 10.2 Å². The Kier molecular flexibility index (Phi) is 7.22. The largest absolute Gasteiger partial charge is 0.434 e. The second-order valence-corrected chi connectivity index (χ2v) is 6.11. The molecule has 0 aromatic heterocycles. The molecule has 10 heteroatoms. The first kappa shape index (κ1) is 21.5. The number of carbonyl (C=O) groups is 2. The van der Waals surface area contributed by atoms with Gasteiger partial charge in [0.25, 0.3) is 0 Å². The van der Waals surface area contributed by atoms with Crippen molar-refractivity contribution in [2.24, 2.45) is 0 Å². The van der Waals surface area contributed by atoms with Crippen LogP contribution >= 0.6 is 11.6 Å². The number of nitrogens with one attached hydrogen (secondary N) is 1. The summed E-state index contributed by atoms with van der Waals surface area (Å²) < 4.78 is 56.6. The summed E-state index contributed by atoms with van der Waals surface area (Å²) in [6.45, 7) is -3.98. The van der Waals surface area contributed by atoms with Crippen LogP contribution in [0.5, 0.6) is 5.75 Å². The highest BCUT2D eigenvalue weighted by atomic mass is 35.5. The number of nitrogens with zero attached hydrogens (tertiary/aromatic N) is 1. The van der Waals surface area contributed by atoms with Crippen LogP contribution in [-0.2, 0) is 22.7 Å². The highest BCUT2D eigenvalue weighted by molar-refractivity contribution is 6.34. The fourth-order valence-corrected chi connectivity index (χ4v) is 2.52. The number of benzene rings is 2. The van der Waals surface area contributed by atoms with Crippen molar-refractivity contribution in [2.45, 2.75) is 19.7 Å². The van der Waals surface area contributed by atoms with Crippen molar-refractivity contribution in [2.75, 3.05) is 7.05 Å². The predicted molar refractivity (Wildman–Crippen MR) is 92.8 cm³/mol. The third kappa shape index (κ3) is 5.59. The first-order chi connectivity index (χ1) is 13.2. The summed E-state index contributed by atoms with van der Waals surface area (Å²) in [4.78, 5) is 25.1. The minimum Gasteiger partial charge on any atom is -0.434 e. The van der Waals surface area contributed by atoms with Gasteiger partial charge in [-0.15, -0.1) is 0 Å². The standard InChI is InChI=1S/C18H15ClF4N2O3/c1-25(9-10-7-11(19)5-6-13(10)20)17(27)16(26)24-8-12-14(21)3-2-4-15(12)28-18(22)23/h2-7,18H,8-9H2,1H3,(H,24,26). The van der Waals surface area contributed by atoms with Gasteiger partial charge in [-0.3, -0.25) is 9.59 Å². The highest BCUT2D eigenvalue weighted by Gasteiger charge is 2.21. The van der Waals surface area contributed by atoms with Crippen LogP contribution in [0.4, 0.5) is 17.6 Å². The van der Waals surface area contributed by atoms with Crippen molar-refractivity contribution in [3.05, 3.63) is 64.2 Å². The third-order valence-corrected chi connectivity index (χ3v) is 3.91. The molecule has 0 radical (unpaired) electrons. The van der Waals surface area contributed by atoms with Crippen LogP contribution in [0.15, 0.2) is 36.4 Å². The quantitative estimate of drug-likeness (QED) is 0.577.